The molecule has 0 aliphatic carbocycles. The molecule has 0 spiro atoms. The number of nitrogens with one attached hydrogen (secondary N) is 2. The summed E-state index contributed by atoms with van der Waals surface area (Å²) in [4.78, 5) is 43.5. The van der Waals surface area contributed by atoms with E-state index in [4.69, 9.17) is 0 Å². The van der Waals surface area contributed by atoms with Crippen LogP contribution in [0, 0.1) is 5.92 Å². The number of rotatable bonds is 9. The van der Waals surface area contributed by atoms with Crippen LogP contribution in [0.1, 0.15) is 18.4 Å². The molecule has 1 aliphatic heterocycles. The molecule has 2 unspecified atom stereocenters. The summed E-state index contributed by atoms with van der Waals surface area (Å²) in [5, 5.41) is 13.2. The number of fused-ring (bicyclic) bond motifs is 1. The molecule has 156 valence electrons. The smallest absolute Gasteiger partial charge is 0.326 e. The number of aromatic amines is 1. The Morgan fingerprint density at radius 3 is 2.83 bits per heavy atom. The number of benzene rings is 1. The van der Waals surface area contributed by atoms with E-state index in [1.165, 1.54) is 0 Å². The average Bonchev–Trinajstić information content (AvgIpc) is 3.25. The molecule has 0 radical (unpaired) electrons. The summed E-state index contributed by atoms with van der Waals surface area (Å²) in [6.45, 7) is 1.82. The van der Waals surface area contributed by atoms with Crippen LogP contribution in [0.4, 0.5) is 0 Å². The van der Waals surface area contributed by atoms with Crippen LogP contribution in [0.25, 0.3) is 10.9 Å². The van der Waals surface area contributed by atoms with Gasteiger partial charge in [-0.25, -0.2) is 4.79 Å². The normalized spacial score (nSPS) is 17.8. The third-order valence-electron chi connectivity index (χ3n) is 5.33. The molecule has 1 aromatic heterocycles. The Morgan fingerprint density at radius 2 is 2.10 bits per heavy atom. The highest BCUT2D eigenvalue weighted by atomic mass is 16.4. The predicted molar refractivity (Wildman–Crippen MR) is 109 cm³/mol. The molecule has 1 aliphatic rings. The van der Waals surface area contributed by atoms with Gasteiger partial charge in [0.2, 0.25) is 11.8 Å². The van der Waals surface area contributed by atoms with Crippen LogP contribution in [0.3, 0.4) is 0 Å². The lowest BCUT2D eigenvalue weighted by molar-refractivity contribution is -0.142. The predicted octanol–water partition coefficient (Wildman–Crippen LogP) is 1.08. The Morgan fingerprint density at radius 1 is 1.34 bits per heavy atom. The van der Waals surface area contributed by atoms with Crippen molar-refractivity contribution in [2.24, 2.45) is 5.92 Å². The summed E-state index contributed by atoms with van der Waals surface area (Å²) in [6.07, 6.45) is 2.93. The second kappa shape index (κ2) is 9.09. The maximum atomic E-state index is 12.7. The van der Waals surface area contributed by atoms with E-state index in [-0.39, 0.29) is 24.7 Å². The van der Waals surface area contributed by atoms with Gasteiger partial charge in [-0.05, 0) is 38.7 Å². The van der Waals surface area contributed by atoms with Gasteiger partial charge in [0.25, 0.3) is 0 Å². The first kappa shape index (κ1) is 20.9. The Bertz CT molecular complexity index is 892. The molecular formula is C21H28N4O4. The SMILES string of the molecule is CN(C)CCCN1CC(C(=O)NC(Cc2c[nH]c3ccccc23)C(=O)O)CC1=O. The van der Waals surface area contributed by atoms with Crippen molar-refractivity contribution >= 4 is 28.7 Å². The number of aromatic nitrogens is 1. The highest BCUT2D eigenvalue weighted by Crippen LogP contribution is 2.21. The van der Waals surface area contributed by atoms with Gasteiger partial charge in [0.05, 0.1) is 5.92 Å². The minimum absolute atomic E-state index is 0.0487. The number of hydrogen-bond acceptors (Lipinski definition) is 4. The number of carboxylic acid groups (broad SMARTS) is 1. The van der Waals surface area contributed by atoms with E-state index in [0.717, 1.165) is 29.4 Å². The number of amides is 2. The van der Waals surface area contributed by atoms with E-state index in [0.29, 0.717) is 13.1 Å². The van der Waals surface area contributed by atoms with Crippen molar-refractivity contribution in [3.05, 3.63) is 36.0 Å². The molecule has 2 atom stereocenters. The molecular weight excluding hydrogens is 372 g/mol. The molecule has 8 nitrogen and oxygen atoms in total. The number of aliphatic carboxylic acids is 1. The van der Waals surface area contributed by atoms with E-state index in [2.05, 4.69) is 10.3 Å². The van der Waals surface area contributed by atoms with Gasteiger partial charge in [-0.3, -0.25) is 9.59 Å². The molecule has 3 rings (SSSR count). The summed E-state index contributed by atoms with van der Waals surface area (Å²) in [5.41, 5.74) is 1.76. The molecule has 2 heterocycles. The lowest BCUT2D eigenvalue weighted by Crippen LogP contribution is -2.45. The molecule has 1 aromatic carbocycles. The highest BCUT2D eigenvalue weighted by molar-refractivity contribution is 5.92. The number of nitrogens with zero attached hydrogens (tertiary/aromatic N) is 2. The Hall–Kier alpha value is -2.87. The minimum Gasteiger partial charge on any atom is -0.480 e. The number of likely N-dealkylation sites (tertiary alicyclic amines) is 1. The van der Waals surface area contributed by atoms with Crippen LogP contribution in [-0.2, 0) is 20.8 Å². The van der Waals surface area contributed by atoms with Crippen molar-refractivity contribution in [1.29, 1.82) is 0 Å². The molecule has 3 N–H and O–H groups in total. The largest absolute Gasteiger partial charge is 0.480 e. The summed E-state index contributed by atoms with van der Waals surface area (Å²) in [6, 6.07) is 6.59. The molecule has 1 fully saturated rings. The van der Waals surface area contributed by atoms with Gasteiger partial charge in [0.15, 0.2) is 0 Å². The van der Waals surface area contributed by atoms with Crippen LogP contribution in [0.5, 0.6) is 0 Å². The van der Waals surface area contributed by atoms with Gasteiger partial charge < -0.3 is 25.2 Å². The zero-order valence-corrected chi connectivity index (χ0v) is 16.9. The van der Waals surface area contributed by atoms with E-state index >= 15 is 0 Å². The van der Waals surface area contributed by atoms with Crippen LogP contribution in [-0.4, -0.2) is 77.4 Å². The van der Waals surface area contributed by atoms with Crippen molar-refractivity contribution in [1.82, 2.24) is 20.1 Å². The van der Waals surface area contributed by atoms with Crippen molar-refractivity contribution < 1.29 is 19.5 Å². The van der Waals surface area contributed by atoms with E-state index in [1.807, 2.05) is 43.3 Å². The third kappa shape index (κ3) is 5.14. The van der Waals surface area contributed by atoms with E-state index in [9.17, 15) is 19.5 Å². The number of hydrogen-bond donors (Lipinski definition) is 3. The van der Waals surface area contributed by atoms with Crippen molar-refractivity contribution in [3.8, 4) is 0 Å². The standard InChI is InChI=1S/C21H28N4O4/c1-24(2)8-5-9-25-13-15(11-19(25)26)20(27)23-18(21(28)29)10-14-12-22-17-7-4-3-6-16(14)17/h3-4,6-7,12,15,18,22H,5,8-11,13H2,1-2H3,(H,23,27)(H,28,29). The lowest BCUT2D eigenvalue weighted by Gasteiger charge is -2.19. The quantitative estimate of drug-likeness (QED) is 0.584. The summed E-state index contributed by atoms with van der Waals surface area (Å²) < 4.78 is 0. The van der Waals surface area contributed by atoms with E-state index in [1.54, 1.807) is 11.1 Å². The highest BCUT2D eigenvalue weighted by Gasteiger charge is 2.35. The van der Waals surface area contributed by atoms with Crippen molar-refractivity contribution in [2.75, 3.05) is 33.7 Å². The maximum absolute atomic E-state index is 12.7. The number of H-pyrrole nitrogens is 1. The zero-order valence-electron chi connectivity index (χ0n) is 16.9. The van der Waals surface area contributed by atoms with Gasteiger partial charge in [-0.2, -0.15) is 0 Å². The van der Waals surface area contributed by atoms with Gasteiger partial charge in [0.1, 0.15) is 6.04 Å². The van der Waals surface area contributed by atoms with Gasteiger partial charge in [-0.1, -0.05) is 18.2 Å². The Balaban J connectivity index is 1.60. The molecule has 29 heavy (non-hydrogen) atoms. The molecule has 1 saturated heterocycles. The van der Waals surface area contributed by atoms with Crippen molar-refractivity contribution in [3.63, 3.8) is 0 Å². The zero-order chi connectivity index (χ0) is 21.0. The van der Waals surface area contributed by atoms with Gasteiger partial charge in [0, 0.05) is 43.0 Å². The Labute approximate surface area is 169 Å². The van der Waals surface area contributed by atoms with Gasteiger partial charge >= 0.3 is 5.97 Å². The monoisotopic (exact) mass is 400 g/mol. The first-order valence-electron chi connectivity index (χ1n) is 9.86. The molecule has 2 aromatic rings. The third-order valence-corrected chi connectivity index (χ3v) is 5.33. The summed E-state index contributed by atoms with van der Waals surface area (Å²) in [5.74, 6) is -2.02. The number of carboxylic acids is 1. The molecule has 0 saturated carbocycles. The first-order chi connectivity index (χ1) is 13.8. The average molecular weight is 400 g/mol. The van der Waals surface area contributed by atoms with Crippen LogP contribution >= 0.6 is 0 Å². The fourth-order valence-electron chi connectivity index (χ4n) is 3.75. The second-order valence-electron chi connectivity index (χ2n) is 7.86. The lowest BCUT2D eigenvalue weighted by atomic mass is 10.0. The summed E-state index contributed by atoms with van der Waals surface area (Å²) >= 11 is 0. The van der Waals surface area contributed by atoms with Crippen LogP contribution in [0.15, 0.2) is 30.5 Å². The number of para-hydroxylation sites is 1. The minimum atomic E-state index is -1.09. The molecule has 0 bridgehead atoms. The van der Waals surface area contributed by atoms with Gasteiger partial charge in [-0.15, -0.1) is 0 Å². The van der Waals surface area contributed by atoms with Crippen molar-refractivity contribution in [2.45, 2.75) is 25.3 Å². The number of carbonyl (C=O) groups is 3. The number of carbonyl (C=O) groups excluding carboxylic acids is 2. The fourth-order valence-corrected chi connectivity index (χ4v) is 3.75. The van der Waals surface area contributed by atoms with Crippen LogP contribution < -0.4 is 5.32 Å². The fraction of sp³-hybridized carbons (Fsp3) is 0.476. The Kier molecular flexibility index (Phi) is 6.53. The van der Waals surface area contributed by atoms with Crippen LogP contribution in [0.2, 0.25) is 0 Å². The maximum Gasteiger partial charge on any atom is 0.326 e. The topological polar surface area (TPSA) is 106 Å². The second-order valence-corrected chi connectivity index (χ2v) is 7.86. The van der Waals surface area contributed by atoms with E-state index < -0.39 is 17.9 Å². The molecule has 8 heteroatoms. The summed E-state index contributed by atoms with van der Waals surface area (Å²) in [7, 11) is 3.95. The molecule has 2 amide bonds. The first-order valence-corrected chi connectivity index (χ1v) is 9.86.